The van der Waals surface area contributed by atoms with Crippen LogP contribution in [0.5, 0.6) is 0 Å². The highest BCUT2D eigenvalue weighted by Crippen LogP contribution is 2.21. The zero-order valence-corrected chi connectivity index (χ0v) is 7.62. The minimum atomic E-state index is -0.444. The van der Waals surface area contributed by atoms with Gasteiger partial charge in [-0.15, -0.1) is 0 Å². The molecular weight excluding hydrogens is 152 g/mol. The fourth-order valence-corrected chi connectivity index (χ4v) is 1.32. The fourth-order valence-electron chi connectivity index (χ4n) is 1.32. The quantitative estimate of drug-likeness (QED) is 0.721. The maximum atomic E-state index is 9.72. The van der Waals surface area contributed by atoms with Gasteiger partial charge < -0.3 is 10.1 Å². The van der Waals surface area contributed by atoms with E-state index >= 15 is 0 Å². The van der Waals surface area contributed by atoms with Crippen molar-refractivity contribution in [3.63, 3.8) is 0 Å². The summed E-state index contributed by atoms with van der Waals surface area (Å²) >= 11 is 0. The lowest BCUT2D eigenvalue weighted by Gasteiger charge is -2.15. The number of H-pyrrole nitrogens is 1. The third-order valence-electron chi connectivity index (χ3n) is 2.08. The van der Waals surface area contributed by atoms with Crippen LogP contribution in [0, 0.1) is 5.92 Å². The first-order chi connectivity index (χ1) is 5.75. The van der Waals surface area contributed by atoms with Crippen molar-refractivity contribution < 1.29 is 5.11 Å². The predicted molar refractivity (Wildman–Crippen MR) is 47.6 cm³/mol. The number of rotatable bonds is 4. The molecule has 0 bridgehead atoms. The Balaban J connectivity index is 2.53. The number of hydrogen-bond donors (Lipinski definition) is 2. The summed E-state index contributed by atoms with van der Waals surface area (Å²) in [5, 5.41) is 9.72. The van der Waals surface area contributed by atoms with Gasteiger partial charge in [-0.1, -0.05) is 20.3 Å². The van der Waals surface area contributed by atoms with Gasteiger partial charge in [0.25, 0.3) is 0 Å². The van der Waals surface area contributed by atoms with Gasteiger partial charge in [0, 0.05) is 12.4 Å². The molecule has 0 spiro atoms. The number of aliphatic hydroxyl groups excluding tert-OH is 1. The molecule has 3 nitrogen and oxygen atoms in total. The predicted octanol–water partition coefficient (Wildman–Crippen LogP) is 1.88. The van der Waals surface area contributed by atoms with Gasteiger partial charge in [-0.25, -0.2) is 4.98 Å². The van der Waals surface area contributed by atoms with Crippen molar-refractivity contribution in [2.75, 3.05) is 0 Å². The van der Waals surface area contributed by atoms with Gasteiger partial charge in [0.05, 0.1) is 0 Å². The second-order valence-corrected chi connectivity index (χ2v) is 3.19. The van der Waals surface area contributed by atoms with Gasteiger partial charge in [-0.2, -0.15) is 0 Å². The molecule has 0 saturated heterocycles. The van der Waals surface area contributed by atoms with Crippen LogP contribution in [0.1, 0.15) is 38.6 Å². The Hall–Kier alpha value is -0.830. The molecule has 3 heteroatoms. The van der Waals surface area contributed by atoms with E-state index in [1.54, 1.807) is 12.4 Å². The topological polar surface area (TPSA) is 48.9 Å². The van der Waals surface area contributed by atoms with E-state index in [9.17, 15) is 5.11 Å². The van der Waals surface area contributed by atoms with Crippen LogP contribution in [0.25, 0.3) is 0 Å². The smallest absolute Gasteiger partial charge is 0.135 e. The average Bonchev–Trinajstić information content (AvgIpc) is 2.55. The third-order valence-corrected chi connectivity index (χ3v) is 2.08. The lowest BCUT2D eigenvalue weighted by Crippen LogP contribution is -2.10. The summed E-state index contributed by atoms with van der Waals surface area (Å²) in [6.07, 6.45) is 5.08. The zero-order chi connectivity index (χ0) is 8.97. The fraction of sp³-hybridized carbons (Fsp3) is 0.667. The normalized spacial score (nSPS) is 15.9. The Kier molecular flexibility index (Phi) is 3.29. The van der Waals surface area contributed by atoms with Crippen LogP contribution in [0.4, 0.5) is 0 Å². The molecule has 2 atom stereocenters. The molecule has 1 rings (SSSR count). The lowest BCUT2D eigenvalue weighted by molar-refractivity contribution is 0.104. The number of aromatic nitrogens is 2. The molecule has 0 fully saturated rings. The molecule has 0 saturated carbocycles. The van der Waals surface area contributed by atoms with E-state index in [-0.39, 0.29) is 5.92 Å². The largest absolute Gasteiger partial charge is 0.385 e. The number of hydrogen-bond acceptors (Lipinski definition) is 2. The first kappa shape index (κ1) is 9.26. The molecular formula is C9H16N2O. The minimum Gasteiger partial charge on any atom is -0.385 e. The highest BCUT2D eigenvalue weighted by Gasteiger charge is 2.16. The summed E-state index contributed by atoms with van der Waals surface area (Å²) in [6.45, 7) is 4.15. The number of aromatic amines is 1. The lowest BCUT2D eigenvalue weighted by atomic mass is 9.99. The first-order valence-electron chi connectivity index (χ1n) is 4.43. The van der Waals surface area contributed by atoms with Crippen LogP contribution < -0.4 is 0 Å². The second kappa shape index (κ2) is 4.26. The molecule has 1 aromatic rings. The van der Waals surface area contributed by atoms with Crippen LogP contribution in [0.2, 0.25) is 0 Å². The number of aliphatic hydroxyl groups is 1. The van der Waals surface area contributed by atoms with Crippen molar-refractivity contribution in [1.82, 2.24) is 9.97 Å². The Morgan fingerprint density at radius 1 is 1.67 bits per heavy atom. The highest BCUT2D eigenvalue weighted by molar-refractivity contribution is 4.93. The minimum absolute atomic E-state index is 0.279. The summed E-state index contributed by atoms with van der Waals surface area (Å²) in [4.78, 5) is 6.93. The van der Waals surface area contributed by atoms with Crippen molar-refractivity contribution in [3.05, 3.63) is 18.2 Å². The van der Waals surface area contributed by atoms with E-state index in [2.05, 4.69) is 16.9 Å². The van der Waals surface area contributed by atoms with E-state index < -0.39 is 6.10 Å². The number of nitrogens with one attached hydrogen (secondary N) is 1. The maximum Gasteiger partial charge on any atom is 0.135 e. The summed E-state index contributed by atoms with van der Waals surface area (Å²) in [5.74, 6) is 0.956. The van der Waals surface area contributed by atoms with Crippen molar-refractivity contribution in [2.24, 2.45) is 5.92 Å². The van der Waals surface area contributed by atoms with Crippen LogP contribution in [0.3, 0.4) is 0 Å². The Morgan fingerprint density at radius 3 is 2.92 bits per heavy atom. The Bertz CT molecular complexity index is 208. The van der Waals surface area contributed by atoms with Gasteiger partial charge in [0.1, 0.15) is 11.9 Å². The summed E-state index contributed by atoms with van der Waals surface area (Å²) in [5.41, 5.74) is 0. The molecule has 0 aromatic carbocycles. The molecule has 12 heavy (non-hydrogen) atoms. The molecule has 1 aromatic heterocycles. The van der Waals surface area contributed by atoms with Crippen molar-refractivity contribution >= 4 is 0 Å². The van der Waals surface area contributed by atoms with Gasteiger partial charge in [0.15, 0.2) is 0 Å². The van der Waals surface area contributed by atoms with Crippen LogP contribution >= 0.6 is 0 Å². The number of nitrogens with zero attached hydrogens (tertiary/aromatic N) is 1. The zero-order valence-electron chi connectivity index (χ0n) is 7.62. The van der Waals surface area contributed by atoms with Gasteiger partial charge >= 0.3 is 0 Å². The molecule has 2 N–H and O–H groups in total. The second-order valence-electron chi connectivity index (χ2n) is 3.19. The van der Waals surface area contributed by atoms with E-state index in [1.165, 1.54) is 0 Å². The first-order valence-corrected chi connectivity index (χ1v) is 4.43. The molecule has 68 valence electrons. The molecule has 0 amide bonds. The Morgan fingerprint density at radius 2 is 2.42 bits per heavy atom. The molecule has 0 aliphatic heterocycles. The monoisotopic (exact) mass is 168 g/mol. The van der Waals surface area contributed by atoms with Crippen molar-refractivity contribution in [2.45, 2.75) is 32.8 Å². The summed E-state index contributed by atoms with van der Waals surface area (Å²) < 4.78 is 0. The summed E-state index contributed by atoms with van der Waals surface area (Å²) in [6, 6.07) is 0. The van der Waals surface area contributed by atoms with E-state index in [0.29, 0.717) is 5.82 Å². The highest BCUT2D eigenvalue weighted by atomic mass is 16.3. The molecule has 2 unspecified atom stereocenters. The SMILES string of the molecule is CCCC(C)C(O)c1ncc[nH]1. The van der Waals surface area contributed by atoms with E-state index in [1.807, 2.05) is 6.92 Å². The Labute approximate surface area is 72.8 Å². The van der Waals surface area contributed by atoms with Crippen molar-refractivity contribution in [3.8, 4) is 0 Å². The van der Waals surface area contributed by atoms with Gasteiger partial charge in [0.2, 0.25) is 0 Å². The van der Waals surface area contributed by atoms with E-state index in [4.69, 9.17) is 0 Å². The van der Waals surface area contributed by atoms with Gasteiger partial charge in [-0.3, -0.25) is 0 Å². The maximum absolute atomic E-state index is 9.72. The van der Waals surface area contributed by atoms with Gasteiger partial charge in [-0.05, 0) is 12.3 Å². The van der Waals surface area contributed by atoms with E-state index in [0.717, 1.165) is 12.8 Å². The van der Waals surface area contributed by atoms with Crippen LogP contribution in [-0.4, -0.2) is 15.1 Å². The van der Waals surface area contributed by atoms with Crippen LogP contribution in [-0.2, 0) is 0 Å². The number of imidazole rings is 1. The standard InChI is InChI=1S/C9H16N2O/c1-3-4-7(2)8(12)9-10-5-6-11-9/h5-8,12H,3-4H2,1-2H3,(H,10,11). The summed E-state index contributed by atoms with van der Waals surface area (Å²) in [7, 11) is 0. The molecule has 0 radical (unpaired) electrons. The third kappa shape index (κ3) is 2.08. The molecule has 0 aliphatic carbocycles. The van der Waals surface area contributed by atoms with Crippen molar-refractivity contribution in [1.29, 1.82) is 0 Å². The molecule has 0 aliphatic rings. The van der Waals surface area contributed by atoms with Crippen LogP contribution in [0.15, 0.2) is 12.4 Å². The average molecular weight is 168 g/mol. The molecule has 1 heterocycles.